The molecule has 0 unspecified atom stereocenters. The zero-order chi connectivity index (χ0) is 15.6. The van der Waals surface area contributed by atoms with E-state index in [4.69, 9.17) is 0 Å². The lowest BCUT2D eigenvalue weighted by molar-refractivity contribution is -0.148. The summed E-state index contributed by atoms with van der Waals surface area (Å²) in [6.45, 7) is 1.54. The third-order valence-corrected chi connectivity index (χ3v) is 3.48. The van der Waals surface area contributed by atoms with Crippen LogP contribution in [-0.2, 0) is 0 Å². The van der Waals surface area contributed by atoms with Gasteiger partial charge in [0.2, 0.25) is 0 Å². The predicted octanol–water partition coefficient (Wildman–Crippen LogP) is 2.45. The van der Waals surface area contributed by atoms with Crippen molar-refractivity contribution in [1.29, 1.82) is 0 Å². The Morgan fingerprint density at radius 3 is 2.33 bits per heavy atom. The molecule has 21 heavy (non-hydrogen) atoms. The molecule has 1 fully saturated rings. The number of halogens is 4. The van der Waals surface area contributed by atoms with Crippen LogP contribution in [-0.4, -0.2) is 54.6 Å². The van der Waals surface area contributed by atoms with Gasteiger partial charge in [0.25, 0.3) is 5.91 Å². The zero-order valence-corrected chi connectivity index (χ0v) is 11.6. The molecule has 0 bridgehead atoms. The monoisotopic (exact) mass is 304 g/mol. The third kappa shape index (κ3) is 4.17. The summed E-state index contributed by atoms with van der Waals surface area (Å²) in [6.07, 6.45) is -4.22. The van der Waals surface area contributed by atoms with Gasteiger partial charge in [-0.3, -0.25) is 9.69 Å². The van der Waals surface area contributed by atoms with Crippen LogP contribution in [0.25, 0.3) is 0 Å². The second-order valence-corrected chi connectivity index (χ2v) is 5.14. The molecule has 1 aliphatic heterocycles. The summed E-state index contributed by atoms with van der Waals surface area (Å²) in [5, 5.41) is 0. The number of amides is 1. The molecular weight excluding hydrogens is 288 g/mol. The van der Waals surface area contributed by atoms with Crippen LogP contribution in [0.4, 0.5) is 17.6 Å². The van der Waals surface area contributed by atoms with Crippen molar-refractivity contribution in [1.82, 2.24) is 9.80 Å². The van der Waals surface area contributed by atoms with Crippen molar-refractivity contribution in [3.63, 3.8) is 0 Å². The summed E-state index contributed by atoms with van der Waals surface area (Å²) >= 11 is 0. The Hall–Kier alpha value is -1.63. The van der Waals surface area contributed by atoms with Crippen molar-refractivity contribution in [3.05, 3.63) is 35.1 Å². The van der Waals surface area contributed by atoms with Crippen LogP contribution >= 0.6 is 0 Å². The minimum atomic E-state index is -4.22. The number of alkyl halides is 3. The highest BCUT2D eigenvalue weighted by atomic mass is 19.4. The fourth-order valence-electron chi connectivity index (χ4n) is 2.40. The van der Waals surface area contributed by atoms with Crippen molar-refractivity contribution in [3.8, 4) is 0 Å². The van der Waals surface area contributed by atoms with Gasteiger partial charge >= 0.3 is 6.18 Å². The fourth-order valence-corrected chi connectivity index (χ4v) is 2.40. The molecule has 1 heterocycles. The van der Waals surface area contributed by atoms with E-state index < -0.39 is 18.5 Å². The number of benzene rings is 1. The maximum Gasteiger partial charge on any atom is 0.401 e. The first-order valence-electron chi connectivity index (χ1n) is 6.61. The van der Waals surface area contributed by atoms with Gasteiger partial charge < -0.3 is 4.90 Å². The van der Waals surface area contributed by atoms with E-state index in [0.717, 1.165) is 0 Å². The van der Waals surface area contributed by atoms with Gasteiger partial charge in [0.05, 0.1) is 6.54 Å². The molecule has 3 nitrogen and oxygen atoms in total. The number of carbonyl (C=O) groups is 1. The Morgan fingerprint density at radius 1 is 1.19 bits per heavy atom. The number of rotatable bonds is 2. The number of aryl methyl sites for hydroxylation is 1. The van der Waals surface area contributed by atoms with Crippen LogP contribution in [0.5, 0.6) is 0 Å². The number of piperazine rings is 1. The summed E-state index contributed by atoms with van der Waals surface area (Å²) in [5.41, 5.74) is 0.915. The SMILES string of the molecule is Cc1cc(F)ccc1C(=O)N1CCN(CC(F)(F)F)CC1. The zero-order valence-electron chi connectivity index (χ0n) is 11.6. The van der Waals surface area contributed by atoms with Crippen molar-refractivity contribution in [2.24, 2.45) is 0 Å². The lowest BCUT2D eigenvalue weighted by atomic mass is 10.1. The van der Waals surface area contributed by atoms with Crippen molar-refractivity contribution in [2.75, 3.05) is 32.7 Å². The molecule has 1 aliphatic rings. The fraction of sp³-hybridized carbons (Fsp3) is 0.500. The molecule has 1 amide bonds. The molecule has 116 valence electrons. The number of nitrogens with zero attached hydrogens (tertiary/aromatic N) is 2. The van der Waals surface area contributed by atoms with E-state index in [2.05, 4.69) is 0 Å². The van der Waals surface area contributed by atoms with Crippen LogP contribution in [0.1, 0.15) is 15.9 Å². The summed E-state index contributed by atoms with van der Waals surface area (Å²) in [5.74, 6) is -0.682. The molecule has 0 atom stereocenters. The minimum absolute atomic E-state index is 0.186. The smallest absolute Gasteiger partial charge is 0.336 e. The van der Waals surface area contributed by atoms with Crippen LogP contribution in [0.2, 0.25) is 0 Å². The maximum absolute atomic E-state index is 13.0. The van der Waals surface area contributed by atoms with Gasteiger partial charge in [0.15, 0.2) is 0 Å². The van der Waals surface area contributed by atoms with Crippen molar-refractivity contribution < 1.29 is 22.4 Å². The first kappa shape index (κ1) is 15.8. The van der Waals surface area contributed by atoms with E-state index in [1.807, 2.05) is 0 Å². The standard InChI is InChI=1S/C14H16F4N2O/c1-10-8-11(15)2-3-12(10)13(21)20-6-4-19(5-7-20)9-14(16,17)18/h2-3,8H,4-7,9H2,1H3. The Bertz CT molecular complexity index is 522. The highest BCUT2D eigenvalue weighted by molar-refractivity contribution is 5.95. The van der Waals surface area contributed by atoms with Gasteiger partial charge in [-0.1, -0.05) is 0 Å². The van der Waals surface area contributed by atoms with E-state index in [0.29, 0.717) is 11.1 Å². The van der Waals surface area contributed by atoms with Gasteiger partial charge in [-0.25, -0.2) is 4.39 Å². The third-order valence-electron chi connectivity index (χ3n) is 3.48. The summed E-state index contributed by atoms with van der Waals surface area (Å²) < 4.78 is 49.9. The molecule has 0 N–H and O–H groups in total. The van der Waals surface area contributed by atoms with E-state index in [9.17, 15) is 22.4 Å². The molecule has 2 rings (SSSR count). The van der Waals surface area contributed by atoms with Gasteiger partial charge in [0.1, 0.15) is 5.82 Å². The lowest BCUT2D eigenvalue weighted by Gasteiger charge is -2.35. The first-order chi connectivity index (χ1) is 9.76. The lowest BCUT2D eigenvalue weighted by Crippen LogP contribution is -2.51. The molecule has 0 saturated carbocycles. The average Bonchev–Trinajstić information content (AvgIpc) is 2.37. The van der Waals surface area contributed by atoms with Gasteiger partial charge in [0, 0.05) is 31.7 Å². The van der Waals surface area contributed by atoms with Crippen molar-refractivity contribution in [2.45, 2.75) is 13.1 Å². The second kappa shape index (κ2) is 6.01. The predicted molar refractivity (Wildman–Crippen MR) is 69.5 cm³/mol. The van der Waals surface area contributed by atoms with Gasteiger partial charge in [-0.05, 0) is 30.7 Å². The number of hydrogen-bond donors (Lipinski definition) is 0. The quantitative estimate of drug-likeness (QED) is 0.784. The van der Waals surface area contributed by atoms with Crippen LogP contribution in [0.3, 0.4) is 0 Å². The molecule has 1 aromatic rings. The molecule has 1 saturated heterocycles. The Labute approximate surface area is 120 Å². The maximum atomic E-state index is 13.0. The normalized spacial score (nSPS) is 17.1. The minimum Gasteiger partial charge on any atom is -0.336 e. The average molecular weight is 304 g/mol. The Balaban J connectivity index is 1.97. The van der Waals surface area contributed by atoms with Crippen LogP contribution in [0.15, 0.2) is 18.2 Å². The highest BCUT2D eigenvalue weighted by Crippen LogP contribution is 2.19. The molecule has 0 aromatic heterocycles. The van der Waals surface area contributed by atoms with Crippen molar-refractivity contribution >= 4 is 5.91 Å². The van der Waals surface area contributed by atoms with E-state index in [-0.39, 0.29) is 32.1 Å². The van der Waals surface area contributed by atoms with Crippen LogP contribution < -0.4 is 0 Å². The van der Waals surface area contributed by atoms with Gasteiger partial charge in [-0.2, -0.15) is 13.2 Å². The highest BCUT2D eigenvalue weighted by Gasteiger charge is 2.33. The van der Waals surface area contributed by atoms with E-state index in [1.54, 1.807) is 6.92 Å². The summed E-state index contributed by atoms with van der Waals surface area (Å²) in [4.78, 5) is 15.1. The topological polar surface area (TPSA) is 23.6 Å². The summed E-state index contributed by atoms with van der Waals surface area (Å²) in [7, 11) is 0. The molecule has 7 heteroatoms. The molecule has 0 aliphatic carbocycles. The number of hydrogen-bond acceptors (Lipinski definition) is 2. The first-order valence-corrected chi connectivity index (χ1v) is 6.61. The Morgan fingerprint density at radius 2 is 1.81 bits per heavy atom. The number of carbonyl (C=O) groups excluding carboxylic acids is 1. The summed E-state index contributed by atoms with van der Waals surface area (Å²) in [6, 6.07) is 3.89. The molecule has 0 spiro atoms. The van der Waals surface area contributed by atoms with Crippen LogP contribution in [0, 0.1) is 12.7 Å². The molecule has 0 radical (unpaired) electrons. The Kier molecular flexibility index (Phi) is 4.51. The van der Waals surface area contributed by atoms with E-state index in [1.165, 1.54) is 28.0 Å². The largest absolute Gasteiger partial charge is 0.401 e. The second-order valence-electron chi connectivity index (χ2n) is 5.14. The van der Waals surface area contributed by atoms with E-state index >= 15 is 0 Å². The molecule has 1 aromatic carbocycles. The van der Waals surface area contributed by atoms with Gasteiger partial charge in [-0.15, -0.1) is 0 Å². The molecular formula is C14H16F4N2O.